The zero-order valence-corrected chi connectivity index (χ0v) is 18.2. The minimum Gasteiger partial charge on any atom is -0.502 e. The van der Waals surface area contributed by atoms with E-state index < -0.39 is 6.17 Å². The molecule has 164 valence electrons. The summed E-state index contributed by atoms with van der Waals surface area (Å²) >= 11 is 0. The summed E-state index contributed by atoms with van der Waals surface area (Å²) in [6, 6.07) is 10.8. The molecular formula is C22H27N4O5+. The minimum atomic E-state index is -0.667. The fourth-order valence-corrected chi connectivity index (χ4v) is 3.31. The summed E-state index contributed by atoms with van der Waals surface area (Å²) in [4.78, 5) is 14.7. The topological polar surface area (TPSA) is 104 Å². The predicted molar refractivity (Wildman–Crippen MR) is 120 cm³/mol. The lowest BCUT2D eigenvalue weighted by molar-refractivity contribution is -0.114. The van der Waals surface area contributed by atoms with Gasteiger partial charge in [0.25, 0.3) is 5.91 Å². The summed E-state index contributed by atoms with van der Waals surface area (Å²) in [5, 5.41) is 25.3. The molecule has 2 aromatic carbocycles. The Bertz CT molecular complexity index is 1000. The van der Waals surface area contributed by atoms with Crippen LogP contribution in [0.15, 0.2) is 47.3 Å². The first-order valence-electron chi connectivity index (χ1n) is 9.56. The Kier molecular flexibility index (Phi) is 6.07. The number of anilines is 1. The van der Waals surface area contributed by atoms with Crippen molar-refractivity contribution in [2.24, 2.45) is 5.16 Å². The molecule has 9 heteroatoms. The van der Waals surface area contributed by atoms with E-state index in [0.717, 1.165) is 5.69 Å². The summed E-state index contributed by atoms with van der Waals surface area (Å²) in [7, 11) is 9.03. The average Bonchev–Trinajstić information content (AvgIpc) is 3.03. The highest BCUT2D eigenvalue weighted by atomic mass is 16.5. The molecule has 3 N–H and O–H groups in total. The van der Waals surface area contributed by atoms with Gasteiger partial charge in [0, 0.05) is 17.8 Å². The van der Waals surface area contributed by atoms with Gasteiger partial charge in [0.1, 0.15) is 17.6 Å². The zero-order chi connectivity index (χ0) is 22.8. The van der Waals surface area contributed by atoms with Gasteiger partial charge in [0.2, 0.25) is 5.75 Å². The molecule has 1 atom stereocenters. The van der Waals surface area contributed by atoms with Crippen molar-refractivity contribution in [1.82, 2.24) is 9.80 Å². The quantitative estimate of drug-likeness (QED) is 0.215. The molecule has 1 fully saturated rings. The van der Waals surface area contributed by atoms with Crippen LogP contribution >= 0.6 is 0 Å². The molecule has 2 aromatic rings. The maximum absolute atomic E-state index is 13.2. The highest BCUT2D eigenvalue weighted by Crippen LogP contribution is 2.38. The molecular weight excluding hydrogens is 400 g/mol. The number of phenolic OH excluding ortho intramolecular Hbond substituents is 1. The van der Waals surface area contributed by atoms with Gasteiger partial charge in [-0.05, 0) is 35.9 Å². The number of quaternary nitrogens is 1. The molecule has 31 heavy (non-hydrogen) atoms. The summed E-state index contributed by atoms with van der Waals surface area (Å²) in [6.07, 6.45) is 2.19. The molecule has 9 nitrogen and oxygen atoms in total. The number of amides is 1. The lowest BCUT2D eigenvalue weighted by Gasteiger charge is -2.25. The Balaban J connectivity index is 1.99. The number of phenols is 1. The molecule has 0 radical (unpaired) electrons. The van der Waals surface area contributed by atoms with E-state index >= 15 is 0 Å². The second-order valence-electron chi connectivity index (χ2n) is 7.89. The van der Waals surface area contributed by atoms with E-state index in [0.29, 0.717) is 15.7 Å². The molecule has 0 bridgehead atoms. The van der Waals surface area contributed by atoms with E-state index in [-0.39, 0.29) is 28.9 Å². The molecule has 1 saturated heterocycles. The summed E-state index contributed by atoms with van der Waals surface area (Å²) in [5.74, 6) is 0.0201. The lowest BCUT2D eigenvalue weighted by Crippen LogP contribution is -2.39. The third-order valence-electron chi connectivity index (χ3n) is 4.95. The molecule has 0 spiro atoms. The van der Waals surface area contributed by atoms with E-state index in [1.165, 1.54) is 25.3 Å². The third-order valence-corrected chi connectivity index (χ3v) is 4.95. The Morgan fingerprint density at radius 2 is 1.68 bits per heavy atom. The highest BCUT2D eigenvalue weighted by Gasteiger charge is 2.35. The van der Waals surface area contributed by atoms with Gasteiger partial charge in [-0.3, -0.25) is 14.2 Å². The first kappa shape index (κ1) is 22.0. The number of rotatable bonds is 6. The van der Waals surface area contributed by atoms with Gasteiger partial charge in [-0.25, -0.2) is 0 Å². The number of oxime groups is 1. The highest BCUT2D eigenvalue weighted by molar-refractivity contribution is 6.13. The van der Waals surface area contributed by atoms with E-state index in [9.17, 15) is 9.90 Å². The van der Waals surface area contributed by atoms with E-state index in [1.54, 1.807) is 18.2 Å². The van der Waals surface area contributed by atoms with Crippen molar-refractivity contribution >= 4 is 29.6 Å². The van der Waals surface area contributed by atoms with Crippen LogP contribution in [0.5, 0.6) is 17.2 Å². The van der Waals surface area contributed by atoms with Gasteiger partial charge in [-0.15, -0.1) is 0 Å². The number of hydrogen-bond donors (Lipinski definition) is 3. The first-order chi connectivity index (χ1) is 14.7. The number of hydrogen-bond acceptors (Lipinski definition) is 7. The second-order valence-corrected chi connectivity index (χ2v) is 7.89. The van der Waals surface area contributed by atoms with Crippen LogP contribution in [0.3, 0.4) is 0 Å². The maximum atomic E-state index is 13.2. The molecule has 0 saturated carbocycles. The van der Waals surface area contributed by atoms with Crippen molar-refractivity contribution in [3.8, 4) is 17.2 Å². The van der Waals surface area contributed by atoms with E-state index in [2.05, 4.69) is 31.6 Å². The monoisotopic (exact) mass is 427 g/mol. The van der Waals surface area contributed by atoms with Crippen molar-refractivity contribution in [1.29, 1.82) is 0 Å². The first-order valence-corrected chi connectivity index (χ1v) is 9.56. The Morgan fingerprint density at radius 1 is 1.10 bits per heavy atom. The standard InChI is InChI=1S/C22H26N4O5/c1-26(2,3)16-8-6-15(7-9-16)25-20(13-23-29)24-17(22(25)28)10-14-11-18(30-4)21(27)19(12-14)31-5/h6-13,20,24H,1-5H3,(H-,27,28,29)/p+1/b23-13+. The van der Waals surface area contributed by atoms with Crippen LogP contribution in [0.4, 0.5) is 11.4 Å². The van der Waals surface area contributed by atoms with Crippen LogP contribution in [-0.2, 0) is 4.79 Å². The number of nitrogens with zero attached hydrogens (tertiary/aromatic N) is 3. The van der Waals surface area contributed by atoms with E-state index in [4.69, 9.17) is 14.7 Å². The van der Waals surface area contributed by atoms with Crippen molar-refractivity contribution in [2.75, 3.05) is 40.3 Å². The van der Waals surface area contributed by atoms with Crippen molar-refractivity contribution in [2.45, 2.75) is 6.17 Å². The number of carbonyl (C=O) groups excluding carboxylic acids is 1. The van der Waals surface area contributed by atoms with Crippen LogP contribution in [0, 0.1) is 0 Å². The van der Waals surface area contributed by atoms with Crippen LogP contribution in [0.25, 0.3) is 6.08 Å². The fourth-order valence-electron chi connectivity index (χ4n) is 3.31. The largest absolute Gasteiger partial charge is 0.502 e. The molecule has 3 rings (SSSR count). The SMILES string of the molecule is COc1cc(/C=C2\NC(/C=N/O)N(c3ccc([N+](C)(C)C)cc3)C2=O)cc(OC)c1O. The average molecular weight is 427 g/mol. The van der Waals surface area contributed by atoms with Gasteiger partial charge < -0.3 is 25.1 Å². The Morgan fingerprint density at radius 3 is 2.16 bits per heavy atom. The summed E-state index contributed by atoms with van der Waals surface area (Å²) in [5.41, 5.74) is 2.61. The number of aromatic hydroxyl groups is 1. The lowest BCUT2D eigenvalue weighted by atomic mass is 10.1. The molecule has 0 aromatic heterocycles. The van der Waals surface area contributed by atoms with Crippen LogP contribution in [-0.4, -0.2) is 64.0 Å². The van der Waals surface area contributed by atoms with Gasteiger partial charge >= 0.3 is 0 Å². The third kappa shape index (κ3) is 4.41. The zero-order valence-electron chi connectivity index (χ0n) is 18.2. The Labute approximate surface area is 181 Å². The van der Waals surface area contributed by atoms with Gasteiger partial charge in [0.15, 0.2) is 11.5 Å². The molecule has 1 amide bonds. The minimum absolute atomic E-state index is 0.123. The second kappa shape index (κ2) is 8.57. The predicted octanol–water partition coefficient (Wildman–Crippen LogP) is 2.37. The van der Waals surface area contributed by atoms with Crippen molar-refractivity contribution in [3.63, 3.8) is 0 Å². The number of nitrogens with one attached hydrogen (secondary N) is 1. The smallest absolute Gasteiger partial charge is 0.276 e. The van der Waals surface area contributed by atoms with Crippen LogP contribution in [0.1, 0.15) is 5.56 Å². The van der Waals surface area contributed by atoms with Gasteiger partial charge in [-0.2, -0.15) is 0 Å². The van der Waals surface area contributed by atoms with Crippen molar-refractivity contribution < 1.29 is 24.6 Å². The molecule has 1 aliphatic heterocycles. The molecule has 1 aliphatic rings. The number of ether oxygens (including phenoxy) is 2. The normalized spacial score (nSPS) is 18.0. The maximum Gasteiger partial charge on any atom is 0.276 e. The summed E-state index contributed by atoms with van der Waals surface area (Å²) < 4.78 is 11.0. The molecule has 0 aliphatic carbocycles. The summed E-state index contributed by atoms with van der Waals surface area (Å²) in [6.45, 7) is 0. The van der Waals surface area contributed by atoms with Gasteiger partial charge in [-0.1, -0.05) is 5.16 Å². The van der Waals surface area contributed by atoms with Crippen LogP contribution < -0.4 is 24.2 Å². The Hall–Kier alpha value is -3.72. The van der Waals surface area contributed by atoms with E-state index in [1.807, 2.05) is 24.3 Å². The van der Waals surface area contributed by atoms with Gasteiger partial charge in [0.05, 0.1) is 41.6 Å². The van der Waals surface area contributed by atoms with Crippen LogP contribution in [0.2, 0.25) is 0 Å². The van der Waals surface area contributed by atoms with Crippen molar-refractivity contribution in [3.05, 3.63) is 47.7 Å². The number of carbonyl (C=O) groups is 1. The molecule has 1 heterocycles. The number of methoxy groups -OCH3 is 2. The molecule has 1 unspecified atom stereocenters. The fraction of sp³-hybridized carbons (Fsp3) is 0.273. The number of benzene rings is 2.